The van der Waals surface area contributed by atoms with Gasteiger partial charge >= 0.3 is 11.9 Å². The normalized spacial score (nSPS) is 16.0. The van der Waals surface area contributed by atoms with Crippen LogP contribution in [0.5, 0.6) is 0 Å². The van der Waals surface area contributed by atoms with Gasteiger partial charge in [-0.15, -0.1) is 0 Å². The minimum Gasteiger partial charge on any atom is -0.481 e. The van der Waals surface area contributed by atoms with E-state index in [1.54, 1.807) is 0 Å². The highest BCUT2D eigenvalue weighted by molar-refractivity contribution is 5.81. The Bertz CT molecular complexity index is 1350. The molecule has 2 aliphatic rings. The lowest BCUT2D eigenvalue weighted by Gasteiger charge is -2.32. The van der Waals surface area contributed by atoms with E-state index in [0.717, 1.165) is 59.3 Å². The first-order valence-corrected chi connectivity index (χ1v) is 15.2. The number of aromatic nitrogens is 4. The van der Waals surface area contributed by atoms with Gasteiger partial charge in [0.25, 0.3) is 23.5 Å². The molecule has 2 aliphatic carbocycles. The number of carbonyl (C=O) groups is 5. The molecule has 48 heavy (non-hydrogen) atoms. The molecule has 0 radical (unpaired) electrons. The molecule has 2 aromatic rings. The summed E-state index contributed by atoms with van der Waals surface area (Å²) in [5.74, 6) is -3.56. The highest BCUT2D eigenvalue weighted by atomic mass is 16.6. The average Bonchev–Trinajstić information content (AvgIpc) is 3.39. The number of H-pyrrole nitrogens is 1. The van der Waals surface area contributed by atoms with Crippen LogP contribution < -0.4 is 22.8 Å². The zero-order valence-electron chi connectivity index (χ0n) is 27.4. The topological polar surface area (TPSA) is 315 Å². The molecule has 2 fully saturated rings. The zero-order valence-corrected chi connectivity index (χ0v) is 27.4. The standard InChI is InChI=1S/C23H35N7O6.3C2H4O2/c24-21-28-17-16(18(31)29-21)27-13-30(17)14-36-15(11-34-19(32)22(25)7-3-1-4-8-22)12-35-20(33)23(26)9-5-2-6-10-23;3*1-2(3)4/h13,15H,1-12,14,25-26H2,(H3,24,28,29,31);3*1H3,(H,3,4). The molecule has 4 rings (SSSR count). The van der Waals surface area contributed by atoms with Crippen molar-refractivity contribution in [3.8, 4) is 0 Å². The number of carboxylic acids is 3. The van der Waals surface area contributed by atoms with Gasteiger partial charge in [-0.1, -0.05) is 38.5 Å². The van der Waals surface area contributed by atoms with Crippen molar-refractivity contribution in [3.63, 3.8) is 0 Å². The fraction of sp³-hybridized carbons (Fsp3) is 0.655. The molecule has 19 heteroatoms. The van der Waals surface area contributed by atoms with Crippen LogP contribution in [0.15, 0.2) is 11.1 Å². The Morgan fingerprint density at radius 2 is 1.23 bits per heavy atom. The van der Waals surface area contributed by atoms with Gasteiger partial charge in [0, 0.05) is 20.8 Å². The maximum absolute atomic E-state index is 12.7. The number of ether oxygens (including phenoxy) is 3. The quantitative estimate of drug-likeness (QED) is 0.179. The van der Waals surface area contributed by atoms with E-state index in [4.69, 9.17) is 61.1 Å². The second kappa shape index (κ2) is 19.9. The number of carboxylic acid groups (broad SMARTS) is 3. The van der Waals surface area contributed by atoms with Gasteiger partial charge in [-0.2, -0.15) is 4.98 Å². The van der Waals surface area contributed by atoms with E-state index in [9.17, 15) is 14.4 Å². The molecule has 2 aromatic heterocycles. The third-order valence-electron chi connectivity index (χ3n) is 7.05. The van der Waals surface area contributed by atoms with Gasteiger partial charge in [-0.25, -0.2) is 4.98 Å². The summed E-state index contributed by atoms with van der Waals surface area (Å²) in [5, 5.41) is 22.2. The number of carbonyl (C=O) groups excluding carboxylic acids is 2. The summed E-state index contributed by atoms with van der Waals surface area (Å²) in [6.07, 6.45) is 8.35. The van der Waals surface area contributed by atoms with Gasteiger partial charge < -0.3 is 46.7 Å². The van der Waals surface area contributed by atoms with Gasteiger partial charge in [0.1, 0.15) is 37.1 Å². The molecule has 0 unspecified atom stereocenters. The fourth-order valence-electron chi connectivity index (χ4n) is 4.79. The third kappa shape index (κ3) is 14.9. The number of aromatic amines is 1. The summed E-state index contributed by atoms with van der Waals surface area (Å²) in [7, 11) is 0. The molecular weight excluding hydrogens is 638 g/mol. The summed E-state index contributed by atoms with van der Waals surface area (Å²) in [5.41, 5.74) is 16.0. The maximum atomic E-state index is 12.7. The summed E-state index contributed by atoms with van der Waals surface area (Å²) >= 11 is 0. The number of nitrogens with zero attached hydrogens (tertiary/aromatic N) is 3. The Kier molecular flexibility index (Phi) is 17.2. The van der Waals surface area contributed by atoms with Crippen molar-refractivity contribution < 1.29 is 53.5 Å². The minimum atomic E-state index is -1.02. The van der Waals surface area contributed by atoms with Crippen molar-refractivity contribution in [3.05, 3.63) is 16.7 Å². The van der Waals surface area contributed by atoms with Crippen LogP contribution in [-0.2, 0) is 44.9 Å². The molecule has 0 atom stereocenters. The van der Waals surface area contributed by atoms with Crippen LogP contribution in [-0.4, -0.2) is 95.1 Å². The number of nitrogens with two attached hydrogens (primary N) is 3. The zero-order chi connectivity index (χ0) is 36.5. The van der Waals surface area contributed by atoms with Crippen LogP contribution >= 0.6 is 0 Å². The smallest absolute Gasteiger partial charge is 0.326 e. The number of nitrogens with one attached hydrogen (secondary N) is 1. The summed E-state index contributed by atoms with van der Waals surface area (Å²) in [6.45, 7) is 2.80. The fourth-order valence-corrected chi connectivity index (χ4v) is 4.79. The van der Waals surface area contributed by atoms with E-state index in [0.29, 0.717) is 25.7 Å². The first kappa shape index (κ1) is 41.4. The minimum absolute atomic E-state index is 0.0601. The first-order valence-electron chi connectivity index (χ1n) is 15.2. The lowest BCUT2D eigenvalue weighted by atomic mass is 9.83. The second-order valence-electron chi connectivity index (χ2n) is 11.4. The van der Waals surface area contributed by atoms with Crippen LogP contribution in [0, 0.1) is 0 Å². The van der Waals surface area contributed by atoms with Crippen LogP contribution in [0.4, 0.5) is 5.95 Å². The molecule has 0 aromatic carbocycles. The molecule has 2 saturated carbocycles. The Hall–Kier alpha value is -4.62. The van der Waals surface area contributed by atoms with E-state index in [1.165, 1.54) is 10.9 Å². The summed E-state index contributed by atoms with van der Waals surface area (Å²) < 4.78 is 18.4. The molecule has 270 valence electrons. The molecule has 0 spiro atoms. The summed E-state index contributed by atoms with van der Waals surface area (Å²) in [6, 6.07) is 0. The van der Waals surface area contributed by atoms with Crippen LogP contribution in [0.3, 0.4) is 0 Å². The number of hydrogen-bond acceptors (Lipinski definition) is 14. The molecule has 2 heterocycles. The van der Waals surface area contributed by atoms with E-state index in [-0.39, 0.29) is 37.1 Å². The van der Waals surface area contributed by atoms with Crippen molar-refractivity contribution in [2.24, 2.45) is 11.5 Å². The predicted octanol–water partition coefficient (Wildman–Crippen LogP) is 0.727. The average molecular weight is 686 g/mol. The number of fused-ring (bicyclic) bond motifs is 1. The Morgan fingerprint density at radius 3 is 1.62 bits per heavy atom. The molecule has 0 bridgehead atoms. The van der Waals surface area contributed by atoms with E-state index >= 15 is 0 Å². The number of anilines is 1. The van der Waals surface area contributed by atoms with Crippen LogP contribution in [0.2, 0.25) is 0 Å². The first-order chi connectivity index (χ1) is 22.4. The van der Waals surface area contributed by atoms with Crippen LogP contribution in [0.1, 0.15) is 85.0 Å². The number of rotatable bonds is 9. The monoisotopic (exact) mass is 685 g/mol. The number of nitrogen functional groups attached to an aromatic ring is 1. The molecule has 19 nitrogen and oxygen atoms in total. The van der Waals surface area contributed by atoms with Gasteiger partial charge in [0.15, 0.2) is 11.2 Å². The third-order valence-corrected chi connectivity index (χ3v) is 7.05. The second-order valence-corrected chi connectivity index (χ2v) is 11.4. The molecule has 0 aliphatic heterocycles. The number of hydrogen-bond donors (Lipinski definition) is 7. The Labute approximate surface area is 276 Å². The van der Waals surface area contributed by atoms with Crippen molar-refractivity contribution >= 4 is 47.0 Å². The molecule has 10 N–H and O–H groups in total. The van der Waals surface area contributed by atoms with Crippen molar-refractivity contribution in [2.75, 3.05) is 18.9 Å². The van der Waals surface area contributed by atoms with Gasteiger partial charge in [-0.3, -0.25) is 38.3 Å². The van der Waals surface area contributed by atoms with Gasteiger partial charge in [0.05, 0.1) is 6.33 Å². The maximum Gasteiger partial charge on any atom is 0.326 e. The predicted molar refractivity (Wildman–Crippen MR) is 169 cm³/mol. The number of imidazole rings is 1. The lowest BCUT2D eigenvalue weighted by Crippen LogP contribution is -2.52. The van der Waals surface area contributed by atoms with Crippen LogP contribution in [0.25, 0.3) is 11.2 Å². The van der Waals surface area contributed by atoms with Crippen molar-refractivity contribution in [1.82, 2.24) is 19.5 Å². The van der Waals surface area contributed by atoms with Crippen molar-refractivity contribution in [2.45, 2.75) is 109 Å². The SMILES string of the molecule is CC(=O)O.CC(=O)O.CC(=O)O.Nc1nc2c(ncn2COC(COC(=O)C2(N)CCCCC2)COC(=O)C2(N)CCCCC2)c(=O)[nH]1. The molecule has 0 amide bonds. The molecular formula is C29H47N7O12. The van der Waals surface area contributed by atoms with Crippen molar-refractivity contribution in [1.29, 1.82) is 0 Å². The number of aliphatic carboxylic acids is 3. The van der Waals surface area contributed by atoms with E-state index in [2.05, 4.69) is 15.0 Å². The number of esters is 2. The molecule has 0 saturated heterocycles. The summed E-state index contributed by atoms with van der Waals surface area (Å²) in [4.78, 5) is 75.0. The Balaban J connectivity index is 0.000000829. The Morgan fingerprint density at radius 1 is 0.833 bits per heavy atom. The van der Waals surface area contributed by atoms with E-state index < -0.39 is 52.6 Å². The highest BCUT2D eigenvalue weighted by Gasteiger charge is 2.39. The highest BCUT2D eigenvalue weighted by Crippen LogP contribution is 2.28. The van der Waals surface area contributed by atoms with Gasteiger partial charge in [-0.05, 0) is 25.7 Å². The van der Waals surface area contributed by atoms with Gasteiger partial charge in [0.2, 0.25) is 5.95 Å². The van der Waals surface area contributed by atoms with E-state index in [1.807, 2.05) is 0 Å². The largest absolute Gasteiger partial charge is 0.481 e. The lowest BCUT2D eigenvalue weighted by molar-refractivity contribution is -0.165.